The van der Waals surface area contributed by atoms with Crippen molar-refractivity contribution in [2.75, 3.05) is 13.1 Å². The van der Waals surface area contributed by atoms with Gasteiger partial charge >= 0.3 is 7.60 Å². The van der Waals surface area contributed by atoms with Crippen molar-refractivity contribution in [1.29, 1.82) is 0 Å². The average molecular weight is 636 g/mol. The molecule has 0 saturated heterocycles. The molecule has 0 spiro atoms. The molecule has 0 aliphatic rings. The van der Waals surface area contributed by atoms with Crippen molar-refractivity contribution in [1.82, 2.24) is 36.4 Å². The predicted molar refractivity (Wildman–Crippen MR) is 156 cm³/mol. The second-order valence-electron chi connectivity index (χ2n) is 12.0. The van der Waals surface area contributed by atoms with E-state index >= 15 is 0 Å². The summed E-state index contributed by atoms with van der Waals surface area (Å²) >= 11 is 0. The molecule has 0 fully saturated rings. The summed E-state index contributed by atoms with van der Waals surface area (Å²) in [7, 11) is -3.95. The number of nitrogens with zero attached hydrogens (tertiary/aromatic N) is 3. The molecule has 5 atom stereocenters. The zero-order valence-electron chi connectivity index (χ0n) is 26.1. The molecule has 0 saturated carbocycles. The van der Waals surface area contributed by atoms with E-state index in [9.17, 15) is 34.1 Å². The summed E-state index contributed by atoms with van der Waals surface area (Å²) in [5, 5.41) is 45.5. The van der Waals surface area contributed by atoms with Gasteiger partial charge in [0.15, 0.2) is 6.29 Å². The van der Waals surface area contributed by atoms with E-state index in [0.717, 1.165) is 0 Å². The molecule has 0 radical (unpaired) electrons. The number of aliphatic hydroxyl groups excluding tert-OH is 2. The smallest absolute Gasteiger partial charge is 0.333 e. The van der Waals surface area contributed by atoms with Crippen LogP contribution in [0, 0.1) is 17.3 Å². The van der Waals surface area contributed by atoms with Crippen molar-refractivity contribution in [3.63, 3.8) is 0 Å². The Bertz CT molecular complexity index is 1080. The lowest BCUT2D eigenvalue weighted by Gasteiger charge is -2.32. The topological polar surface area (TPSA) is 237 Å². The number of aliphatic hydroxyl groups is 2. The molecule has 1 heterocycles. The fourth-order valence-corrected chi connectivity index (χ4v) is 5.87. The molecule has 1 rings (SSSR count). The minimum Gasteiger partial charge on any atom is -0.382 e. The quantitative estimate of drug-likeness (QED) is 0.0442. The van der Waals surface area contributed by atoms with Crippen LogP contribution >= 0.6 is 7.60 Å². The van der Waals surface area contributed by atoms with E-state index in [4.69, 9.17) is 9.73 Å². The van der Waals surface area contributed by atoms with Crippen molar-refractivity contribution < 1.29 is 43.8 Å². The van der Waals surface area contributed by atoms with Crippen LogP contribution in [0.25, 0.3) is 0 Å². The van der Waals surface area contributed by atoms with E-state index in [1.807, 2.05) is 13.8 Å². The first-order valence-corrected chi connectivity index (χ1v) is 16.1. The third kappa shape index (κ3) is 13.0. The standard InChI is InChI=1S/C26H50N7O9P/c1-8-18(9-2)43(40,41)42-20(34)14-27-13-17-15-33(32-30-17)11-10-28-25(38)22(26(5,6)7)29-23(36)19(12-16(3)4)21(35)24(37)31-39/h15-16,18-22,27,34-35,39H,8-14H2,1-7H3,(H,28,38)(H,29,36)(H,31,37)(H,40,41). The van der Waals surface area contributed by atoms with Gasteiger partial charge in [-0.3, -0.25) is 33.4 Å². The highest BCUT2D eigenvalue weighted by atomic mass is 31.2. The third-order valence-electron chi connectivity index (χ3n) is 6.76. The van der Waals surface area contributed by atoms with E-state index in [1.165, 1.54) is 10.2 Å². The first kappa shape index (κ1) is 38.6. The van der Waals surface area contributed by atoms with Crippen LogP contribution in [-0.2, 0) is 36.6 Å². The highest BCUT2D eigenvalue weighted by Crippen LogP contribution is 2.50. The normalized spacial score (nSPS) is 16.3. The minimum absolute atomic E-state index is 0.0569. The van der Waals surface area contributed by atoms with Gasteiger partial charge in [-0.1, -0.05) is 53.7 Å². The molecule has 43 heavy (non-hydrogen) atoms. The summed E-state index contributed by atoms with van der Waals surface area (Å²) in [6.07, 6.45) is -0.598. The SMILES string of the molecule is CCC(CC)P(=O)(O)OC(O)CNCc1cn(CCNC(=O)C(NC(=O)C(CC(C)C)C(O)C(=O)NO)C(C)(C)C)nn1. The number of hydrogen-bond acceptors (Lipinski definition) is 11. The van der Waals surface area contributed by atoms with E-state index in [-0.39, 0.29) is 38.5 Å². The van der Waals surface area contributed by atoms with Crippen LogP contribution in [0.3, 0.4) is 0 Å². The summed E-state index contributed by atoms with van der Waals surface area (Å²) < 4.78 is 18.8. The largest absolute Gasteiger partial charge is 0.382 e. The number of nitrogens with one attached hydrogen (secondary N) is 4. The van der Waals surface area contributed by atoms with Crippen LogP contribution in [0.15, 0.2) is 6.20 Å². The summed E-state index contributed by atoms with van der Waals surface area (Å²) in [5.41, 5.74) is 0.609. The van der Waals surface area contributed by atoms with Crippen LogP contribution in [0.1, 0.15) is 73.4 Å². The Morgan fingerprint density at radius 2 is 1.72 bits per heavy atom. The molecule has 248 valence electrons. The van der Waals surface area contributed by atoms with Crippen LogP contribution in [0.5, 0.6) is 0 Å². The van der Waals surface area contributed by atoms with Crippen molar-refractivity contribution in [3.8, 4) is 0 Å². The van der Waals surface area contributed by atoms with Gasteiger partial charge in [-0.05, 0) is 30.6 Å². The average Bonchev–Trinajstić information content (AvgIpc) is 3.36. The number of carbonyl (C=O) groups excluding carboxylic acids is 3. The van der Waals surface area contributed by atoms with Gasteiger partial charge in [-0.15, -0.1) is 5.10 Å². The van der Waals surface area contributed by atoms with Crippen LogP contribution in [-0.4, -0.2) is 90.2 Å². The fraction of sp³-hybridized carbons (Fsp3) is 0.808. The number of rotatable bonds is 19. The molecule has 5 unspecified atom stereocenters. The Kier molecular flexibility index (Phi) is 15.9. The highest BCUT2D eigenvalue weighted by molar-refractivity contribution is 7.53. The molecule has 1 aromatic heterocycles. The lowest BCUT2D eigenvalue weighted by molar-refractivity contribution is -0.147. The molecule has 3 amide bonds. The first-order valence-electron chi connectivity index (χ1n) is 14.4. The third-order valence-corrected chi connectivity index (χ3v) is 8.96. The van der Waals surface area contributed by atoms with Gasteiger partial charge in [-0.25, -0.2) is 5.48 Å². The Morgan fingerprint density at radius 3 is 2.26 bits per heavy atom. The molecular formula is C26H50N7O9P. The lowest BCUT2D eigenvalue weighted by atomic mass is 9.84. The van der Waals surface area contributed by atoms with Gasteiger partial charge in [-0.2, -0.15) is 0 Å². The maximum atomic E-state index is 13.1. The summed E-state index contributed by atoms with van der Waals surface area (Å²) in [5.74, 6) is -3.52. The van der Waals surface area contributed by atoms with Crippen LogP contribution < -0.4 is 21.4 Å². The van der Waals surface area contributed by atoms with Gasteiger partial charge < -0.3 is 31.1 Å². The molecular weight excluding hydrogens is 585 g/mol. The van der Waals surface area contributed by atoms with Crippen molar-refractivity contribution in [2.24, 2.45) is 17.3 Å². The van der Waals surface area contributed by atoms with E-state index in [0.29, 0.717) is 18.5 Å². The highest BCUT2D eigenvalue weighted by Gasteiger charge is 2.38. The fourth-order valence-electron chi connectivity index (χ4n) is 4.36. The molecule has 0 bridgehead atoms. The zero-order valence-corrected chi connectivity index (χ0v) is 27.0. The van der Waals surface area contributed by atoms with Gasteiger partial charge in [0.05, 0.1) is 23.8 Å². The Hall–Kier alpha value is -2.46. The number of amides is 3. The number of carbonyl (C=O) groups is 3. The number of hydrogen-bond donors (Lipinski definition) is 8. The van der Waals surface area contributed by atoms with Gasteiger partial charge in [0.2, 0.25) is 11.8 Å². The Balaban J connectivity index is 2.68. The maximum absolute atomic E-state index is 13.1. The minimum atomic E-state index is -3.95. The maximum Gasteiger partial charge on any atom is 0.333 e. The molecule has 0 aliphatic carbocycles. The molecule has 16 nitrogen and oxygen atoms in total. The van der Waals surface area contributed by atoms with E-state index < -0.39 is 60.7 Å². The Labute approximate surface area is 252 Å². The van der Waals surface area contributed by atoms with E-state index in [1.54, 1.807) is 40.8 Å². The summed E-state index contributed by atoms with van der Waals surface area (Å²) in [4.78, 5) is 48.0. The van der Waals surface area contributed by atoms with Gasteiger partial charge in [0.1, 0.15) is 12.1 Å². The van der Waals surface area contributed by atoms with Crippen molar-refractivity contribution in [2.45, 2.75) is 105 Å². The van der Waals surface area contributed by atoms with Crippen molar-refractivity contribution in [3.05, 3.63) is 11.9 Å². The van der Waals surface area contributed by atoms with Crippen molar-refractivity contribution >= 4 is 25.3 Å². The lowest BCUT2D eigenvalue weighted by Crippen LogP contribution is -2.57. The van der Waals surface area contributed by atoms with Crippen LogP contribution in [0.2, 0.25) is 0 Å². The first-order chi connectivity index (χ1) is 20.0. The zero-order chi connectivity index (χ0) is 33.0. The number of hydroxylamine groups is 1. The van der Waals surface area contributed by atoms with Gasteiger partial charge in [0.25, 0.3) is 5.91 Å². The molecule has 0 aromatic carbocycles. The summed E-state index contributed by atoms with van der Waals surface area (Å²) in [6, 6.07) is -0.998. The van der Waals surface area contributed by atoms with Crippen LogP contribution in [0.4, 0.5) is 0 Å². The second kappa shape index (κ2) is 17.7. The molecule has 8 N–H and O–H groups in total. The monoisotopic (exact) mass is 635 g/mol. The molecule has 0 aliphatic heterocycles. The number of aromatic nitrogens is 3. The van der Waals surface area contributed by atoms with Gasteiger partial charge in [0, 0.05) is 25.8 Å². The Morgan fingerprint density at radius 1 is 1.09 bits per heavy atom. The molecule has 17 heteroatoms. The molecule has 1 aromatic rings. The second-order valence-corrected chi connectivity index (χ2v) is 14.0. The summed E-state index contributed by atoms with van der Waals surface area (Å²) in [6.45, 7) is 13.0. The van der Waals surface area contributed by atoms with E-state index in [2.05, 4.69) is 26.3 Å². The predicted octanol–water partition coefficient (Wildman–Crippen LogP) is 0.252.